The molecule has 0 aromatic carbocycles. The van der Waals surface area contributed by atoms with E-state index in [4.69, 9.17) is 0 Å². The van der Waals surface area contributed by atoms with E-state index in [-0.39, 0.29) is 11.8 Å². The second-order valence-corrected chi connectivity index (χ2v) is 6.35. The molecule has 3 rings (SSSR count). The molecule has 112 valence electrons. The predicted octanol–water partition coefficient (Wildman–Crippen LogP) is 1.91. The summed E-state index contributed by atoms with van der Waals surface area (Å²) in [4.78, 5) is 24.0. The van der Waals surface area contributed by atoms with Crippen LogP contribution in [0.4, 0.5) is 0 Å². The van der Waals surface area contributed by atoms with Crippen LogP contribution in [0.2, 0.25) is 0 Å². The van der Waals surface area contributed by atoms with Gasteiger partial charge in [-0.3, -0.25) is 9.89 Å². The minimum absolute atomic E-state index is 0.229. The minimum atomic E-state index is 0.229. The molecule has 1 N–H and O–H groups in total. The van der Waals surface area contributed by atoms with Gasteiger partial charge >= 0.3 is 0 Å². The number of nitrogens with one attached hydrogen (secondary N) is 1. The maximum absolute atomic E-state index is 12.4. The van der Waals surface area contributed by atoms with E-state index >= 15 is 0 Å². The van der Waals surface area contributed by atoms with Gasteiger partial charge in [0, 0.05) is 30.3 Å². The van der Waals surface area contributed by atoms with E-state index in [1.807, 2.05) is 17.3 Å². The largest absolute Gasteiger partial charge is 0.342 e. The number of aromatic amines is 1. The quantitative estimate of drug-likeness (QED) is 0.936. The van der Waals surface area contributed by atoms with Gasteiger partial charge in [-0.1, -0.05) is 0 Å². The number of aromatic nitrogens is 4. The number of likely N-dealkylation sites (tertiary alicyclic amines) is 1. The molecule has 1 aliphatic heterocycles. The van der Waals surface area contributed by atoms with Crippen molar-refractivity contribution in [2.24, 2.45) is 0 Å². The van der Waals surface area contributed by atoms with Crippen LogP contribution in [0.1, 0.15) is 41.6 Å². The highest BCUT2D eigenvalue weighted by Crippen LogP contribution is 2.24. The second-order valence-electron chi connectivity index (χ2n) is 5.41. The zero-order valence-corrected chi connectivity index (χ0v) is 12.9. The van der Waals surface area contributed by atoms with Gasteiger partial charge in [0.15, 0.2) is 0 Å². The van der Waals surface area contributed by atoms with Gasteiger partial charge in [-0.2, -0.15) is 5.10 Å². The minimum Gasteiger partial charge on any atom is -0.342 e. The number of piperidine rings is 1. The first-order valence-corrected chi connectivity index (χ1v) is 8.14. The van der Waals surface area contributed by atoms with E-state index in [0.29, 0.717) is 6.42 Å². The lowest BCUT2D eigenvalue weighted by Gasteiger charge is -2.31. The average molecular weight is 305 g/mol. The fourth-order valence-electron chi connectivity index (χ4n) is 2.78. The number of aryl methyl sites for hydroxylation is 2. The maximum Gasteiger partial charge on any atom is 0.222 e. The normalized spacial score (nSPS) is 18.9. The Morgan fingerprint density at radius 3 is 3.14 bits per heavy atom. The Kier molecular flexibility index (Phi) is 4.28. The van der Waals surface area contributed by atoms with Crippen LogP contribution in [0.25, 0.3) is 0 Å². The van der Waals surface area contributed by atoms with Crippen molar-refractivity contribution in [1.82, 2.24) is 25.1 Å². The summed E-state index contributed by atoms with van der Waals surface area (Å²) in [6.07, 6.45) is 4.97. The summed E-state index contributed by atoms with van der Waals surface area (Å²) in [5.74, 6) is 1.41. The number of hydrogen-bond donors (Lipinski definition) is 1. The molecule has 7 heteroatoms. The summed E-state index contributed by atoms with van der Waals surface area (Å²) in [6.45, 7) is 3.60. The van der Waals surface area contributed by atoms with Crippen molar-refractivity contribution in [3.63, 3.8) is 0 Å². The number of rotatable bonds is 4. The summed E-state index contributed by atoms with van der Waals surface area (Å²) in [6, 6.07) is 0. The molecule has 1 saturated heterocycles. The number of carbonyl (C=O) groups excluding carboxylic acids is 1. The molecule has 2 aromatic heterocycles. The van der Waals surface area contributed by atoms with E-state index in [1.165, 1.54) is 11.2 Å². The Balaban J connectivity index is 1.56. The lowest BCUT2D eigenvalue weighted by Crippen LogP contribution is -2.39. The first kappa shape index (κ1) is 14.2. The van der Waals surface area contributed by atoms with Crippen molar-refractivity contribution in [1.29, 1.82) is 0 Å². The smallest absolute Gasteiger partial charge is 0.222 e. The van der Waals surface area contributed by atoms with Crippen LogP contribution in [0.3, 0.4) is 0 Å². The fourth-order valence-corrected chi connectivity index (χ4v) is 3.56. The summed E-state index contributed by atoms with van der Waals surface area (Å²) in [5.41, 5.74) is 2.89. The van der Waals surface area contributed by atoms with Crippen molar-refractivity contribution in [2.45, 2.75) is 38.5 Å². The van der Waals surface area contributed by atoms with E-state index in [1.54, 1.807) is 11.3 Å². The first-order valence-electron chi connectivity index (χ1n) is 7.26. The molecule has 21 heavy (non-hydrogen) atoms. The van der Waals surface area contributed by atoms with E-state index < -0.39 is 0 Å². The number of hydrogen-bond acceptors (Lipinski definition) is 5. The highest BCUT2D eigenvalue weighted by Gasteiger charge is 2.26. The average Bonchev–Trinajstić information content (AvgIpc) is 3.16. The predicted molar refractivity (Wildman–Crippen MR) is 80.1 cm³/mol. The third kappa shape index (κ3) is 3.29. The molecule has 0 bridgehead atoms. The monoisotopic (exact) mass is 305 g/mol. The second kappa shape index (κ2) is 6.34. The molecule has 1 unspecified atom stereocenters. The molecule has 3 heterocycles. The summed E-state index contributed by atoms with van der Waals surface area (Å²) < 4.78 is 0. The van der Waals surface area contributed by atoms with E-state index in [0.717, 1.165) is 43.9 Å². The molecule has 2 aromatic rings. The zero-order valence-electron chi connectivity index (χ0n) is 12.1. The van der Waals surface area contributed by atoms with E-state index in [9.17, 15) is 4.79 Å². The van der Waals surface area contributed by atoms with Gasteiger partial charge in [0.25, 0.3) is 0 Å². The third-order valence-electron chi connectivity index (χ3n) is 4.01. The molecule has 0 saturated carbocycles. The Bertz CT molecular complexity index is 594. The summed E-state index contributed by atoms with van der Waals surface area (Å²) >= 11 is 1.63. The fraction of sp³-hybridized carbons (Fsp3) is 0.571. The van der Waals surface area contributed by atoms with Crippen LogP contribution < -0.4 is 0 Å². The van der Waals surface area contributed by atoms with Gasteiger partial charge < -0.3 is 4.90 Å². The van der Waals surface area contributed by atoms with E-state index in [2.05, 4.69) is 20.2 Å². The van der Waals surface area contributed by atoms with Crippen LogP contribution in [0, 0.1) is 6.92 Å². The SMILES string of the molecule is Cc1ncsc1CCC(=O)N1CCCC(c2ncn[nH]2)C1. The lowest BCUT2D eigenvalue weighted by molar-refractivity contribution is -0.132. The summed E-state index contributed by atoms with van der Waals surface area (Å²) in [5, 5.41) is 6.82. The van der Waals surface area contributed by atoms with Crippen molar-refractivity contribution in [2.75, 3.05) is 13.1 Å². The number of H-pyrrole nitrogens is 1. The Labute approximate surface area is 127 Å². The van der Waals surface area contributed by atoms with Gasteiger partial charge in [-0.15, -0.1) is 11.3 Å². The topological polar surface area (TPSA) is 74.8 Å². The third-order valence-corrected chi connectivity index (χ3v) is 5.00. The van der Waals surface area contributed by atoms with Gasteiger partial charge in [-0.25, -0.2) is 9.97 Å². The molecule has 1 aliphatic rings. The number of nitrogens with zero attached hydrogens (tertiary/aromatic N) is 4. The highest BCUT2D eigenvalue weighted by molar-refractivity contribution is 7.09. The Morgan fingerprint density at radius 2 is 2.43 bits per heavy atom. The first-order chi connectivity index (χ1) is 10.2. The number of carbonyl (C=O) groups is 1. The molecule has 0 aliphatic carbocycles. The number of thiazole rings is 1. The Morgan fingerprint density at radius 1 is 1.52 bits per heavy atom. The van der Waals surface area contributed by atoms with Crippen LogP contribution in [-0.4, -0.2) is 44.1 Å². The Hall–Kier alpha value is -1.76. The van der Waals surface area contributed by atoms with Gasteiger partial charge in [-0.05, 0) is 26.2 Å². The van der Waals surface area contributed by atoms with Gasteiger partial charge in [0.2, 0.25) is 5.91 Å². The van der Waals surface area contributed by atoms with Crippen molar-refractivity contribution in [3.05, 3.63) is 28.2 Å². The maximum atomic E-state index is 12.4. The zero-order chi connectivity index (χ0) is 14.7. The molecule has 0 spiro atoms. The van der Waals surface area contributed by atoms with Crippen LogP contribution in [0.15, 0.2) is 11.8 Å². The lowest BCUT2D eigenvalue weighted by atomic mass is 9.97. The molecule has 1 fully saturated rings. The molecule has 1 amide bonds. The van der Waals surface area contributed by atoms with Gasteiger partial charge in [0.05, 0.1) is 11.2 Å². The highest BCUT2D eigenvalue weighted by atomic mass is 32.1. The summed E-state index contributed by atoms with van der Waals surface area (Å²) in [7, 11) is 0. The van der Waals surface area contributed by atoms with Crippen molar-refractivity contribution >= 4 is 17.2 Å². The molecular weight excluding hydrogens is 286 g/mol. The standard InChI is InChI=1S/C14H19N5OS/c1-10-12(21-9-16-10)4-5-13(20)19-6-2-3-11(7-19)14-15-8-17-18-14/h8-9,11H,2-7H2,1H3,(H,15,17,18). The molecule has 6 nitrogen and oxygen atoms in total. The van der Waals surface area contributed by atoms with Crippen molar-refractivity contribution in [3.8, 4) is 0 Å². The van der Waals surface area contributed by atoms with Crippen LogP contribution in [0.5, 0.6) is 0 Å². The van der Waals surface area contributed by atoms with Gasteiger partial charge in [0.1, 0.15) is 12.2 Å². The molecular formula is C14H19N5OS. The molecule has 1 atom stereocenters. The molecule has 0 radical (unpaired) electrons. The van der Waals surface area contributed by atoms with Crippen molar-refractivity contribution < 1.29 is 4.79 Å². The number of amides is 1. The van der Waals surface area contributed by atoms with Crippen LogP contribution in [-0.2, 0) is 11.2 Å². The van der Waals surface area contributed by atoms with Crippen LogP contribution >= 0.6 is 11.3 Å².